The average molecular weight is 259 g/mol. The second-order valence-corrected chi connectivity index (χ2v) is 3.61. The van der Waals surface area contributed by atoms with Crippen molar-refractivity contribution in [2.24, 2.45) is 0 Å². The van der Waals surface area contributed by atoms with Gasteiger partial charge in [0.25, 0.3) is 6.43 Å². The number of halogens is 2. The number of carbonyl (C=O) groups is 1. The first-order chi connectivity index (χ1) is 8.61. The molecular weight excluding hydrogens is 244 g/mol. The number of alkyl halides is 2. The van der Waals surface area contributed by atoms with E-state index in [1.165, 1.54) is 6.07 Å². The van der Waals surface area contributed by atoms with Gasteiger partial charge in [-0.05, 0) is 11.6 Å². The Morgan fingerprint density at radius 3 is 2.78 bits per heavy atom. The summed E-state index contributed by atoms with van der Waals surface area (Å²) in [6.07, 6.45) is -2.46. The van der Waals surface area contributed by atoms with Gasteiger partial charge in [0.05, 0.1) is 12.2 Å². The number of ether oxygens (including phenoxy) is 1. The first kappa shape index (κ1) is 14.5. The monoisotopic (exact) mass is 259 g/mol. The summed E-state index contributed by atoms with van der Waals surface area (Å²) in [5.41, 5.74) is 0.886. The van der Waals surface area contributed by atoms with E-state index in [0.29, 0.717) is 18.7 Å². The highest BCUT2D eigenvalue weighted by atomic mass is 19.3. The minimum atomic E-state index is -2.46. The standard InChI is InChI=1S/C12H15F2NO3/c13-11(14)8-18-6-5-15-7-9-3-1-2-4-10(9)12(16)17/h1-4,11,15H,5-8H2,(H,16,17). The van der Waals surface area contributed by atoms with Crippen LogP contribution in [-0.2, 0) is 11.3 Å². The zero-order chi connectivity index (χ0) is 13.4. The Labute approximate surface area is 104 Å². The van der Waals surface area contributed by atoms with Crippen molar-refractivity contribution >= 4 is 5.97 Å². The van der Waals surface area contributed by atoms with Crippen LogP contribution >= 0.6 is 0 Å². The lowest BCUT2D eigenvalue weighted by Crippen LogP contribution is -2.21. The normalized spacial score (nSPS) is 10.8. The maximum absolute atomic E-state index is 11.7. The van der Waals surface area contributed by atoms with Crippen molar-refractivity contribution in [3.05, 3.63) is 35.4 Å². The van der Waals surface area contributed by atoms with Crippen LogP contribution in [0, 0.1) is 0 Å². The molecule has 0 bridgehead atoms. The molecule has 18 heavy (non-hydrogen) atoms. The third-order valence-electron chi connectivity index (χ3n) is 2.23. The molecular formula is C12H15F2NO3. The van der Waals surface area contributed by atoms with Crippen molar-refractivity contribution in [1.82, 2.24) is 5.32 Å². The molecule has 0 saturated heterocycles. The van der Waals surface area contributed by atoms with E-state index in [9.17, 15) is 13.6 Å². The maximum atomic E-state index is 11.7. The van der Waals surface area contributed by atoms with Crippen molar-refractivity contribution in [2.75, 3.05) is 19.8 Å². The van der Waals surface area contributed by atoms with Crippen molar-refractivity contribution in [2.45, 2.75) is 13.0 Å². The summed E-state index contributed by atoms with van der Waals surface area (Å²) in [6.45, 7) is 0.341. The quantitative estimate of drug-likeness (QED) is 0.698. The average Bonchev–Trinajstić information content (AvgIpc) is 2.33. The highest BCUT2D eigenvalue weighted by Gasteiger charge is 2.08. The van der Waals surface area contributed by atoms with E-state index in [0.717, 1.165) is 0 Å². The molecule has 0 atom stereocenters. The molecule has 0 amide bonds. The van der Waals surface area contributed by atoms with Crippen LogP contribution in [0.4, 0.5) is 8.78 Å². The van der Waals surface area contributed by atoms with Crippen LogP contribution in [0.2, 0.25) is 0 Å². The molecule has 0 aliphatic rings. The van der Waals surface area contributed by atoms with Crippen molar-refractivity contribution < 1.29 is 23.4 Å². The molecule has 0 unspecified atom stereocenters. The Hall–Kier alpha value is -1.53. The van der Waals surface area contributed by atoms with E-state index in [4.69, 9.17) is 5.11 Å². The Morgan fingerprint density at radius 2 is 2.11 bits per heavy atom. The van der Waals surface area contributed by atoms with Gasteiger partial charge in [0.15, 0.2) is 0 Å². The van der Waals surface area contributed by atoms with Gasteiger partial charge in [0, 0.05) is 13.1 Å². The second kappa shape index (κ2) is 7.73. The first-order valence-corrected chi connectivity index (χ1v) is 5.49. The van der Waals surface area contributed by atoms with Crippen LogP contribution in [0.5, 0.6) is 0 Å². The molecule has 0 fully saturated rings. The van der Waals surface area contributed by atoms with Crippen molar-refractivity contribution in [1.29, 1.82) is 0 Å². The van der Waals surface area contributed by atoms with Gasteiger partial charge in [-0.3, -0.25) is 0 Å². The lowest BCUT2D eigenvalue weighted by molar-refractivity contribution is 0.0187. The van der Waals surface area contributed by atoms with Gasteiger partial charge in [-0.25, -0.2) is 13.6 Å². The van der Waals surface area contributed by atoms with Crippen molar-refractivity contribution in [3.8, 4) is 0 Å². The van der Waals surface area contributed by atoms with Crippen LogP contribution in [0.1, 0.15) is 15.9 Å². The number of carboxylic acid groups (broad SMARTS) is 1. The molecule has 0 spiro atoms. The van der Waals surface area contributed by atoms with Crippen LogP contribution in [0.3, 0.4) is 0 Å². The van der Waals surface area contributed by atoms with Gasteiger partial charge in [0.2, 0.25) is 0 Å². The third-order valence-corrected chi connectivity index (χ3v) is 2.23. The summed E-state index contributed by atoms with van der Waals surface area (Å²) in [7, 11) is 0. The zero-order valence-corrected chi connectivity index (χ0v) is 9.73. The molecule has 6 heteroatoms. The second-order valence-electron chi connectivity index (χ2n) is 3.61. The van der Waals surface area contributed by atoms with Gasteiger partial charge < -0.3 is 15.2 Å². The minimum absolute atomic E-state index is 0.166. The molecule has 4 nitrogen and oxygen atoms in total. The summed E-state index contributed by atoms with van der Waals surface area (Å²) in [6, 6.07) is 6.62. The smallest absolute Gasteiger partial charge is 0.336 e. The number of carboxylic acids is 1. The number of benzene rings is 1. The number of aromatic carboxylic acids is 1. The molecule has 1 aromatic carbocycles. The molecule has 0 saturated carbocycles. The molecule has 0 aliphatic carbocycles. The van der Waals surface area contributed by atoms with Gasteiger partial charge >= 0.3 is 5.97 Å². The summed E-state index contributed by atoms with van der Waals surface area (Å²) in [5.74, 6) is -0.985. The van der Waals surface area contributed by atoms with Crippen molar-refractivity contribution in [3.63, 3.8) is 0 Å². The molecule has 0 aliphatic heterocycles. The molecule has 2 N–H and O–H groups in total. The largest absolute Gasteiger partial charge is 0.478 e. The molecule has 1 rings (SSSR count). The first-order valence-electron chi connectivity index (χ1n) is 5.49. The zero-order valence-electron chi connectivity index (χ0n) is 9.73. The Morgan fingerprint density at radius 1 is 1.39 bits per heavy atom. The highest BCUT2D eigenvalue weighted by molar-refractivity contribution is 5.89. The van der Waals surface area contributed by atoms with Gasteiger partial charge in [-0.2, -0.15) is 0 Å². The van der Waals surface area contributed by atoms with Crippen LogP contribution in [-0.4, -0.2) is 37.3 Å². The van der Waals surface area contributed by atoms with Crippen LogP contribution in [0.25, 0.3) is 0 Å². The molecule has 0 heterocycles. The fourth-order valence-corrected chi connectivity index (χ4v) is 1.42. The predicted octanol–water partition coefficient (Wildman–Crippen LogP) is 1.76. The van der Waals surface area contributed by atoms with E-state index in [1.807, 2.05) is 0 Å². The van der Waals surface area contributed by atoms with Crippen LogP contribution in [0.15, 0.2) is 24.3 Å². The number of rotatable bonds is 8. The molecule has 0 aromatic heterocycles. The predicted molar refractivity (Wildman–Crippen MR) is 61.9 cm³/mol. The third kappa shape index (κ3) is 5.20. The Bertz CT molecular complexity index is 385. The van der Waals surface area contributed by atoms with Gasteiger partial charge in [-0.1, -0.05) is 18.2 Å². The lowest BCUT2D eigenvalue weighted by Gasteiger charge is -2.08. The maximum Gasteiger partial charge on any atom is 0.336 e. The summed E-state index contributed by atoms with van der Waals surface area (Å²) < 4.78 is 28.2. The molecule has 100 valence electrons. The van der Waals surface area contributed by atoms with E-state index in [2.05, 4.69) is 10.1 Å². The van der Waals surface area contributed by atoms with E-state index < -0.39 is 19.0 Å². The van der Waals surface area contributed by atoms with Crippen LogP contribution < -0.4 is 5.32 Å². The summed E-state index contributed by atoms with van der Waals surface area (Å²) >= 11 is 0. The summed E-state index contributed by atoms with van der Waals surface area (Å²) in [5, 5.41) is 11.9. The summed E-state index contributed by atoms with van der Waals surface area (Å²) in [4.78, 5) is 10.9. The number of nitrogens with one attached hydrogen (secondary N) is 1. The molecule has 1 aromatic rings. The SMILES string of the molecule is O=C(O)c1ccccc1CNCCOCC(F)F. The fraction of sp³-hybridized carbons (Fsp3) is 0.417. The fourth-order valence-electron chi connectivity index (χ4n) is 1.42. The van der Waals surface area contributed by atoms with Gasteiger partial charge in [-0.15, -0.1) is 0 Å². The molecule has 0 radical (unpaired) electrons. The topological polar surface area (TPSA) is 58.6 Å². The van der Waals surface area contributed by atoms with E-state index in [-0.39, 0.29) is 12.2 Å². The van der Waals surface area contributed by atoms with E-state index in [1.54, 1.807) is 18.2 Å². The Kier molecular flexibility index (Phi) is 6.24. The number of hydrogen-bond donors (Lipinski definition) is 2. The number of hydrogen-bond acceptors (Lipinski definition) is 3. The highest BCUT2D eigenvalue weighted by Crippen LogP contribution is 2.08. The lowest BCUT2D eigenvalue weighted by atomic mass is 10.1. The van der Waals surface area contributed by atoms with Gasteiger partial charge in [0.1, 0.15) is 6.61 Å². The Balaban J connectivity index is 2.29. The van der Waals surface area contributed by atoms with E-state index >= 15 is 0 Å². The minimum Gasteiger partial charge on any atom is -0.478 e.